The third-order valence-electron chi connectivity index (χ3n) is 2.16. The fourth-order valence-electron chi connectivity index (χ4n) is 1.06. The van der Waals surface area contributed by atoms with Crippen molar-refractivity contribution in [2.75, 3.05) is 5.73 Å². The Balaban J connectivity index is 3.03. The number of phenols is 1. The van der Waals surface area contributed by atoms with Gasteiger partial charge in [0.15, 0.2) is 0 Å². The molecule has 1 atom stereocenters. The summed E-state index contributed by atoms with van der Waals surface area (Å²) in [6, 6.07) is 4.88. The van der Waals surface area contributed by atoms with Crippen LogP contribution in [0.1, 0.15) is 25.3 Å². The minimum absolute atomic E-state index is 0.0330. The Morgan fingerprint density at radius 3 is 2.62 bits per heavy atom. The summed E-state index contributed by atoms with van der Waals surface area (Å²) in [5, 5.41) is 9.29. The first kappa shape index (κ1) is 9.58. The van der Waals surface area contributed by atoms with Gasteiger partial charge in [-0.15, -0.1) is 0 Å². The molecule has 1 aromatic carbocycles. The largest absolute Gasteiger partial charge is 0.506 e. The van der Waals surface area contributed by atoms with E-state index in [-0.39, 0.29) is 17.5 Å². The minimum atomic E-state index is -0.188. The third-order valence-corrected chi connectivity index (χ3v) is 2.16. The molecule has 0 aliphatic carbocycles. The number of benzene rings is 1. The van der Waals surface area contributed by atoms with Crippen LogP contribution in [0.25, 0.3) is 0 Å². The SMILES string of the molecule is CC(=O)C(C)c1ccc(N)c(O)c1. The van der Waals surface area contributed by atoms with Crippen LogP contribution in [0.15, 0.2) is 18.2 Å². The van der Waals surface area contributed by atoms with Crippen LogP contribution in [0.4, 0.5) is 5.69 Å². The van der Waals surface area contributed by atoms with Crippen molar-refractivity contribution in [2.45, 2.75) is 19.8 Å². The lowest BCUT2D eigenvalue weighted by Gasteiger charge is -2.08. The highest BCUT2D eigenvalue weighted by Gasteiger charge is 2.11. The van der Waals surface area contributed by atoms with E-state index >= 15 is 0 Å². The first-order chi connectivity index (χ1) is 6.02. The smallest absolute Gasteiger partial charge is 0.138 e. The maximum Gasteiger partial charge on any atom is 0.138 e. The molecule has 0 heterocycles. The van der Waals surface area contributed by atoms with Crippen molar-refractivity contribution < 1.29 is 9.90 Å². The van der Waals surface area contributed by atoms with E-state index < -0.39 is 0 Å². The van der Waals surface area contributed by atoms with Crippen LogP contribution >= 0.6 is 0 Å². The van der Waals surface area contributed by atoms with Crippen LogP contribution in [-0.4, -0.2) is 10.9 Å². The highest BCUT2D eigenvalue weighted by atomic mass is 16.3. The van der Waals surface area contributed by atoms with Gasteiger partial charge < -0.3 is 10.8 Å². The second-order valence-electron chi connectivity index (χ2n) is 3.15. The zero-order valence-electron chi connectivity index (χ0n) is 7.74. The normalized spacial score (nSPS) is 12.5. The Hall–Kier alpha value is -1.51. The van der Waals surface area contributed by atoms with Gasteiger partial charge in [0, 0.05) is 5.92 Å². The summed E-state index contributed by atoms with van der Waals surface area (Å²) in [4.78, 5) is 11.0. The van der Waals surface area contributed by atoms with Gasteiger partial charge in [-0.2, -0.15) is 0 Å². The van der Waals surface area contributed by atoms with E-state index in [2.05, 4.69) is 0 Å². The minimum Gasteiger partial charge on any atom is -0.506 e. The van der Waals surface area contributed by atoms with Crippen LogP contribution in [0, 0.1) is 0 Å². The lowest BCUT2D eigenvalue weighted by Crippen LogP contribution is -2.04. The lowest BCUT2D eigenvalue weighted by molar-refractivity contribution is -0.118. The Kier molecular flexibility index (Phi) is 2.56. The number of hydrogen-bond acceptors (Lipinski definition) is 3. The summed E-state index contributed by atoms with van der Waals surface area (Å²) >= 11 is 0. The van der Waals surface area contributed by atoms with Crippen LogP contribution in [-0.2, 0) is 4.79 Å². The van der Waals surface area contributed by atoms with Gasteiger partial charge >= 0.3 is 0 Å². The van der Waals surface area contributed by atoms with Gasteiger partial charge in [-0.25, -0.2) is 0 Å². The molecule has 0 aromatic heterocycles. The number of rotatable bonds is 2. The molecule has 0 saturated carbocycles. The van der Waals surface area contributed by atoms with E-state index in [1.165, 1.54) is 13.0 Å². The zero-order valence-corrected chi connectivity index (χ0v) is 7.74. The molecule has 0 aliphatic heterocycles. The van der Waals surface area contributed by atoms with Crippen LogP contribution in [0.2, 0.25) is 0 Å². The van der Waals surface area contributed by atoms with Gasteiger partial charge in [-0.05, 0) is 24.6 Å². The molecule has 1 aromatic rings. The molecule has 1 unspecified atom stereocenters. The van der Waals surface area contributed by atoms with E-state index in [4.69, 9.17) is 5.73 Å². The first-order valence-corrected chi connectivity index (χ1v) is 4.11. The molecule has 13 heavy (non-hydrogen) atoms. The number of hydrogen-bond donors (Lipinski definition) is 2. The Morgan fingerprint density at radius 2 is 2.15 bits per heavy atom. The molecule has 3 heteroatoms. The van der Waals surface area contributed by atoms with E-state index in [0.29, 0.717) is 5.69 Å². The lowest BCUT2D eigenvalue weighted by atomic mass is 9.97. The van der Waals surface area contributed by atoms with Crippen molar-refractivity contribution in [1.29, 1.82) is 0 Å². The van der Waals surface area contributed by atoms with E-state index in [9.17, 15) is 9.90 Å². The topological polar surface area (TPSA) is 63.3 Å². The molecular formula is C10H13NO2. The van der Waals surface area contributed by atoms with Crippen molar-refractivity contribution in [2.24, 2.45) is 0 Å². The van der Waals surface area contributed by atoms with Gasteiger partial charge in [-0.3, -0.25) is 4.79 Å². The number of nitrogens with two attached hydrogens (primary N) is 1. The molecule has 0 spiro atoms. The van der Waals surface area contributed by atoms with E-state index in [1.54, 1.807) is 19.1 Å². The number of carbonyl (C=O) groups is 1. The number of Topliss-reactive ketones (excluding diaryl/α,β-unsaturated/α-hetero) is 1. The van der Waals surface area contributed by atoms with Crippen LogP contribution in [0.5, 0.6) is 5.75 Å². The van der Waals surface area contributed by atoms with Crippen LogP contribution < -0.4 is 5.73 Å². The predicted octanol–water partition coefficient (Wildman–Crippen LogP) is 1.67. The van der Waals surface area contributed by atoms with E-state index in [0.717, 1.165) is 5.56 Å². The zero-order chi connectivity index (χ0) is 10.0. The molecule has 1 rings (SSSR count). The third kappa shape index (κ3) is 1.99. The quantitative estimate of drug-likeness (QED) is 0.536. The number of phenolic OH excluding ortho intramolecular Hbond substituents is 1. The van der Waals surface area contributed by atoms with Crippen molar-refractivity contribution in [3.05, 3.63) is 23.8 Å². The van der Waals surface area contributed by atoms with Crippen molar-refractivity contribution >= 4 is 11.5 Å². The molecular weight excluding hydrogens is 166 g/mol. The maximum atomic E-state index is 11.0. The monoisotopic (exact) mass is 179 g/mol. The fourth-order valence-corrected chi connectivity index (χ4v) is 1.06. The second kappa shape index (κ2) is 3.47. The molecule has 70 valence electrons. The van der Waals surface area contributed by atoms with Gasteiger partial charge in [0.2, 0.25) is 0 Å². The molecule has 3 nitrogen and oxygen atoms in total. The molecule has 0 bridgehead atoms. The Labute approximate surface area is 77.2 Å². The van der Waals surface area contributed by atoms with Crippen molar-refractivity contribution in [3.63, 3.8) is 0 Å². The van der Waals surface area contributed by atoms with Gasteiger partial charge in [-0.1, -0.05) is 13.0 Å². The predicted molar refractivity (Wildman–Crippen MR) is 51.6 cm³/mol. The Bertz CT molecular complexity index is 334. The van der Waals surface area contributed by atoms with Gasteiger partial charge in [0.25, 0.3) is 0 Å². The van der Waals surface area contributed by atoms with Crippen molar-refractivity contribution in [1.82, 2.24) is 0 Å². The summed E-state index contributed by atoms with van der Waals surface area (Å²) in [5.74, 6) is -0.0822. The molecule has 3 N–H and O–H groups in total. The van der Waals surface area contributed by atoms with E-state index in [1.807, 2.05) is 0 Å². The summed E-state index contributed by atoms with van der Waals surface area (Å²) in [7, 11) is 0. The highest BCUT2D eigenvalue weighted by molar-refractivity contribution is 5.83. The first-order valence-electron chi connectivity index (χ1n) is 4.11. The highest BCUT2D eigenvalue weighted by Crippen LogP contribution is 2.25. The number of nitrogen functional groups attached to an aromatic ring is 1. The standard InChI is InChI=1S/C10H13NO2/c1-6(7(2)12)8-3-4-9(11)10(13)5-8/h3-6,13H,11H2,1-2H3. The average Bonchev–Trinajstić information content (AvgIpc) is 2.08. The molecule has 0 amide bonds. The summed E-state index contributed by atoms with van der Waals surface area (Å²) in [6.07, 6.45) is 0. The average molecular weight is 179 g/mol. The number of aromatic hydroxyl groups is 1. The van der Waals surface area contributed by atoms with Crippen molar-refractivity contribution in [3.8, 4) is 5.75 Å². The van der Waals surface area contributed by atoms with Gasteiger partial charge in [0.05, 0.1) is 5.69 Å². The summed E-state index contributed by atoms with van der Waals surface area (Å²) in [6.45, 7) is 3.32. The second-order valence-corrected chi connectivity index (χ2v) is 3.15. The number of anilines is 1. The maximum absolute atomic E-state index is 11.0. The molecule has 0 fully saturated rings. The summed E-state index contributed by atoms with van der Waals surface area (Å²) in [5.41, 5.74) is 6.55. The van der Waals surface area contributed by atoms with Crippen LogP contribution in [0.3, 0.4) is 0 Å². The molecule has 0 radical (unpaired) electrons. The number of carbonyl (C=O) groups excluding carboxylic acids is 1. The number of ketones is 1. The Morgan fingerprint density at radius 1 is 1.54 bits per heavy atom. The van der Waals surface area contributed by atoms with Gasteiger partial charge in [0.1, 0.15) is 11.5 Å². The molecule has 0 saturated heterocycles. The fraction of sp³-hybridized carbons (Fsp3) is 0.300. The molecule has 0 aliphatic rings. The summed E-state index contributed by atoms with van der Waals surface area (Å²) < 4.78 is 0.